The van der Waals surface area contributed by atoms with Crippen LogP contribution in [0.3, 0.4) is 0 Å². The average molecular weight is 466 g/mol. The van der Waals surface area contributed by atoms with E-state index in [0.717, 1.165) is 0 Å². The highest BCUT2D eigenvalue weighted by atomic mass is 19.1. The minimum Gasteiger partial charge on any atom is -0.446 e. The maximum Gasteiger partial charge on any atom is 0.407 e. The molecule has 184 valence electrons. The molecule has 0 aromatic carbocycles. The Bertz CT molecular complexity index is 729. The van der Waals surface area contributed by atoms with Gasteiger partial charge >= 0.3 is 6.09 Å². The molecular formula is C24H36FN3O5. The number of alkyl carbamates (subject to hydrolysis) is 1. The average Bonchev–Trinajstić information content (AvgIpc) is 2.80. The van der Waals surface area contributed by atoms with Crippen LogP contribution in [0.1, 0.15) is 51.9 Å². The van der Waals surface area contributed by atoms with Crippen molar-refractivity contribution in [1.29, 1.82) is 0 Å². The highest BCUT2D eigenvalue weighted by Crippen LogP contribution is 2.22. The third kappa shape index (κ3) is 21.8. The second kappa shape index (κ2) is 20.7. The number of amides is 3. The van der Waals surface area contributed by atoms with Crippen molar-refractivity contribution in [1.82, 2.24) is 16.0 Å². The number of halogens is 1. The molecule has 0 saturated carbocycles. The fourth-order valence-corrected chi connectivity index (χ4v) is 2.18. The van der Waals surface area contributed by atoms with E-state index in [1.165, 1.54) is 14.0 Å². The standard InChI is InChI=1S/C11H16FNO2.C7H11NO2.C6H9NO/c1-11(12)7-4-3-5-9(6-8-11)15-10(14)13-2;1-3-5-10-6-4-7(9)8-2;1-3-4-5-6(8)7-2/h9H,3,5-6,8H2,1-2H3,(H,13,14);1H,4-6H2,2H3,(H,8,9);1H,4-5H2,2H3,(H,7,8). The molecule has 1 rings (SSSR count). The van der Waals surface area contributed by atoms with Gasteiger partial charge in [-0.15, -0.1) is 18.8 Å². The van der Waals surface area contributed by atoms with Crippen molar-refractivity contribution in [3.63, 3.8) is 0 Å². The molecule has 0 aliphatic heterocycles. The van der Waals surface area contributed by atoms with E-state index in [1.54, 1.807) is 14.1 Å². The molecule has 1 aliphatic rings. The molecule has 9 heteroatoms. The van der Waals surface area contributed by atoms with Crippen molar-refractivity contribution < 1.29 is 28.2 Å². The third-order valence-corrected chi connectivity index (χ3v) is 4.07. The first-order valence-corrected chi connectivity index (χ1v) is 10.6. The number of carbonyl (C=O) groups excluding carboxylic acids is 3. The van der Waals surface area contributed by atoms with Crippen LogP contribution in [0, 0.1) is 36.5 Å². The summed E-state index contributed by atoms with van der Waals surface area (Å²) in [5, 5.41) is 7.31. The zero-order valence-corrected chi connectivity index (χ0v) is 20.0. The van der Waals surface area contributed by atoms with Gasteiger partial charge in [-0.3, -0.25) is 9.59 Å². The van der Waals surface area contributed by atoms with E-state index < -0.39 is 11.8 Å². The van der Waals surface area contributed by atoms with Gasteiger partial charge in [0.1, 0.15) is 12.7 Å². The van der Waals surface area contributed by atoms with Gasteiger partial charge in [-0.05, 0) is 26.2 Å². The monoisotopic (exact) mass is 465 g/mol. The second-order valence-electron chi connectivity index (χ2n) is 6.91. The van der Waals surface area contributed by atoms with Crippen LogP contribution in [-0.2, 0) is 19.1 Å². The Morgan fingerprint density at radius 2 is 1.70 bits per heavy atom. The number of alkyl halides is 1. The molecule has 0 fully saturated rings. The number of terminal acetylenes is 2. The predicted molar refractivity (Wildman–Crippen MR) is 126 cm³/mol. The summed E-state index contributed by atoms with van der Waals surface area (Å²) in [5.74, 6) is 9.99. The van der Waals surface area contributed by atoms with E-state index in [1.807, 2.05) is 0 Å². The zero-order valence-electron chi connectivity index (χ0n) is 20.0. The van der Waals surface area contributed by atoms with Gasteiger partial charge in [0, 0.05) is 46.8 Å². The molecule has 2 unspecified atom stereocenters. The molecule has 3 amide bonds. The van der Waals surface area contributed by atoms with E-state index in [-0.39, 0.29) is 24.5 Å². The third-order valence-electron chi connectivity index (χ3n) is 4.07. The number of hydrogen-bond acceptors (Lipinski definition) is 5. The van der Waals surface area contributed by atoms with Crippen molar-refractivity contribution in [2.24, 2.45) is 0 Å². The Hall–Kier alpha value is -3.22. The first kappa shape index (κ1) is 32.0. The van der Waals surface area contributed by atoms with Gasteiger partial charge in [-0.1, -0.05) is 17.8 Å². The van der Waals surface area contributed by atoms with Crippen LogP contribution >= 0.6 is 0 Å². The van der Waals surface area contributed by atoms with E-state index >= 15 is 0 Å². The predicted octanol–water partition coefficient (Wildman–Crippen LogP) is 1.93. The van der Waals surface area contributed by atoms with Gasteiger partial charge in [0.15, 0.2) is 5.67 Å². The van der Waals surface area contributed by atoms with Crippen LogP contribution in [0.5, 0.6) is 0 Å². The minimum absolute atomic E-state index is 0.00273. The van der Waals surface area contributed by atoms with Crippen molar-refractivity contribution in [2.45, 2.75) is 63.6 Å². The number of rotatable bonds is 7. The first-order chi connectivity index (χ1) is 15.6. The Labute approximate surface area is 197 Å². The first-order valence-electron chi connectivity index (χ1n) is 10.6. The van der Waals surface area contributed by atoms with Gasteiger partial charge in [0.2, 0.25) is 11.8 Å². The smallest absolute Gasteiger partial charge is 0.407 e. The highest BCUT2D eigenvalue weighted by molar-refractivity contribution is 5.75. The number of carbonyl (C=O) groups is 3. The maximum atomic E-state index is 13.6. The van der Waals surface area contributed by atoms with E-state index in [4.69, 9.17) is 22.3 Å². The van der Waals surface area contributed by atoms with Crippen LogP contribution in [-0.4, -0.2) is 64.0 Å². The fraction of sp³-hybridized carbons (Fsp3) is 0.625. The summed E-state index contributed by atoms with van der Waals surface area (Å²) in [7, 11) is 4.69. The molecule has 0 saturated heterocycles. The fourth-order valence-electron chi connectivity index (χ4n) is 2.18. The quantitative estimate of drug-likeness (QED) is 0.394. The van der Waals surface area contributed by atoms with Gasteiger partial charge in [0.05, 0.1) is 6.61 Å². The van der Waals surface area contributed by atoms with Gasteiger partial charge in [-0.2, -0.15) is 0 Å². The Morgan fingerprint density at radius 3 is 2.24 bits per heavy atom. The molecule has 2 atom stereocenters. The lowest BCUT2D eigenvalue weighted by Crippen LogP contribution is -2.28. The summed E-state index contributed by atoms with van der Waals surface area (Å²) >= 11 is 0. The van der Waals surface area contributed by atoms with Crippen LogP contribution in [0.15, 0.2) is 0 Å². The van der Waals surface area contributed by atoms with E-state index in [2.05, 4.69) is 39.6 Å². The summed E-state index contributed by atoms with van der Waals surface area (Å²) in [6.07, 6.45) is 12.5. The summed E-state index contributed by atoms with van der Waals surface area (Å²) in [4.78, 5) is 31.9. The molecule has 0 heterocycles. The largest absolute Gasteiger partial charge is 0.446 e. The lowest BCUT2D eigenvalue weighted by molar-refractivity contribution is -0.122. The molecule has 0 radical (unpaired) electrons. The summed E-state index contributed by atoms with van der Waals surface area (Å²) < 4.78 is 23.5. The van der Waals surface area contributed by atoms with Crippen molar-refractivity contribution in [3.05, 3.63) is 0 Å². The van der Waals surface area contributed by atoms with Gasteiger partial charge < -0.3 is 25.4 Å². The molecule has 33 heavy (non-hydrogen) atoms. The molecule has 0 spiro atoms. The molecule has 1 aliphatic carbocycles. The number of ether oxygens (including phenoxy) is 2. The number of nitrogens with one attached hydrogen (secondary N) is 3. The molecule has 0 aromatic rings. The molecule has 3 N–H and O–H groups in total. The summed E-state index contributed by atoms with van der Waals surface area (Å²) in [6.45, 7) is 2.13. The van der Waals surface area contributed by atoms with Crippen LogP contribution < -0.4 is 16.0 Å². The Kier molecular flexibility index (Phi) is 20.0. The highest BCUT2D eigenvalue weighted by Gasteiger charge is 2.25. The Balaban J connectivity index is 0. The minimum atomic E-state index is -1.45. The SMILES string of the molecule is C#CCCC(=O)NC.C#CCOCCC(=O)NC.CNC(=O)OC1CCC#CC(C)(F)CC1. The van der Waals surface area contributed by atoms with Crippen LogP contribution in [0.25, 0.3) is 0 Å². The normalized spacial score (nSPS) is 18.2. The lowest BCUT2D eigenvalue weighted by Gasteiger charge is -2.21. The zero-order chi connectivity index (χ0) is 25.5. The van der Waals surface area contributed by atoms with Crippen molar-refractivity contribution >= 4 is 17.9 Å². The van der Waals surface area contributed by atoms with Crippen LogP contribution in [0.4, 0.5) is 9.18 Å². The molecule has 0 bridgehead atoms. The lowest BCUT2D eigenvalue weighted by atomic mass is 9.96. The van der Waals surface area contributed by atoms with Crippen molar-refractivity contribution in [3.8, 4) is 36.5 Å². The summed E-state index contributed by atoms with van der Waals surface area (Å²) in [6, 6.07) is 0. The van der Waals surface area contributed by atoms with E-state index in [9.17, 15) is 18.8 Å². The van der Waals surface area contributed by atoms with Gasteiger partial charge in [-0.25, -0.2) is 9.18 Å². The molecule has 0 aromatic heterocycles. The Morgan fingerprint density at radius 1 is 1.06 bits per heavy atom. The maximum absolute atomic E-state index is 13.6. The summed E-state index contributed by atoms with van der Waals surface area (Å²) in [5.41, 5.74) is -1.45. The topological polar surface area (TPSA) is 106 Å². The molecular weight excluding hydrogens is 429 g/mol. The number of hydrogen-bond donors (Lipinski definition) is 3. The van der Waals surface area contributed by atoms with Gasteiger partial charge in [0.25, 0.3) is 0 Å². The van der Waals surface area contributed by atoms with Crippen LogP contribution in [0.2, 0.25) is 0 Å². The second-order valence-corrected chi connectivity index (χ2v) is 6.91. The van der Waals surface area contributed by atoms with Crippen molar-refractivity contribution in [2.75, 3.05) is 34.4 Å². The van der Waals surface area contributed by atoms with E-state index in [0.29, 0.717) is 51.6 Å². The molecule has 8 nitrogen and oxygen atoms in total.